The van der Waals surface area contributed by atoms with Gasteiger partial charge in [0.1, 0.15) is 17.7 Å². The van der Waals surface area contributed by atoms with Crippen molar-refractivity contribution >= 4 is 11.9 Å². The minimum atomic E-state index is -0.602. The lowest BCUT2D eigenvalue weighted by Crippen LogP contribution is -2.08. The molecule has 4 nitrogen and oxygen atoms in total. The number of fused-ring (bicyclic) bond motifs is 1. The predicted octanol–water partition coefficient (Wildman–Crippen LogP) is 4.69. The van der Waals surface area contributed by atoms with Gasteiger partial charge < -0.3 is 9.47 Å². The van der Waals surface area contributed by atoms with Gasteiger partial charge in [0, 0.05) is 23.3 Å². The summed E-state index contributed by atoms with van der Waals surface area (Å²) in [6.07, 6.45) is 2.09. The monoisotopic (exact) mass is 366 g/mol. The van der Waals surface area contributed by atoms with Crippen molar-refractivity contribution in [1.29, 1.82) is 0 Å². The summed E-state index contributed by atoms with van der Waals surface area (Å²) in [7, 11) is 0. The Balaban J connectivity index is 1.92. The van der Waals surface area contributed by atoms with E-state index in [4.69, 9.17) is 9.47 Å². The quantitative estimate of drug-likeness (QED) is 0.438. The van der Waals surface area contributed by atoms with E-state index in [-0.39, 0.29) is 17.4 Å². The van der Waals surface area contributed by atoms with Crippen LogP contribution in [0, 0.1) is 5.82 Å². The van der Waals surface area contributed by atoms with E-state index in [9.17, 15) is 14.0 Å². The van der Waals surface area contributed by atoms with Crippen molar-refractivity contribution in [2.45, 2.75) is 25.9 Å². The Bertz CT molecular complexity index is 945. The standard InChI is InChI=1S/C22H19FO4/c1-4-21(24)27-20-11-10-16-15(6-5-7-18(16)20)17-9-8-14(12-19(17)23)26-22(25)13(2)3/h4-9,12,20H,1-2,10-11H2,3H3. The van der Waals surface area contributed by atoms with Gasteiger partial charge >= 0.3 is 11.9 Å². The summed E-state index contributed by atoms with van der Waals surface area (Å²) in [5.74, 6) is -1.46. The molecule has 2 aromatic carbocycles. The molecule has 27 heavy (non-hydrogen) atoms. The minimum absolute atomic E-state index is 0.120. The van der Waals surface area contributed by atoms with Crippen LogP contribution in [0.1, 0.15) is 30.6 Å². The zero-order chi connectivity index (χ0) is 19.6. The molecule has 5 heteroatoms. The van der Waals surface area contributed by atoms with E-state index in [0.29, 0.717) is 18.4 Å². The largest absolute Gasteiger partial charge is 0.454 e. The van der Waals surface area contributed by atoms with Crippen molar-refractivity contribution in [2.24, 2.45) is 0 Å². The summed E-state index contributed by atoms with van der Waals surface area (Å²) in [6.45, 7) is 8.43. The third kappa shape index (κ3) is 3.82. The van der Waals surface area contributed by atoms with Crippen molar-refractivity contribution in [3.63, 3.8) is 0 Å². The maximum atomic E-state index is 14.7. The Morgan fingerprint density at radius 1 is 1.22 bits per heavy atom. The second-order valence-corrected chi connectivity index (χ2v) is 6.35. The van der Waals surface area contributed by atoms with Crippen molar-refractivity contribution in [2.75, 3.05) is 0 Å². The number of carbonyl (C=O) groups is 2. The first-order chi connectivity index (χ1) is 12.9. The van der Waals surface area contributed by atoms with E-state index < -0.39 is 17.8 Å². The maximum absolute atomic E-state index is 14.7. The molecule has 0 fully saturated rings. The van der Waals surface area contributed by atoms with Crippen LogP contribution in [0.15, 0.2) is 61.2 Å². The molecule has 1 unspecified atom stereocenters. The van der Waals surface area contributed by atoms with Crippen LogP contribution in [0.2, 0.25) is 0 Å². The molecule has 0 amide bonds. The average Bonchev–Trinajstić information content (AvgIpc) is 3.05. The van der Waals surface area contributed by atoms with E-state index in [0.717, 1.165) is 22.8 Å². The highest BCUT2D eigenvalue weighted by molar-refractivity contribution is 5.88. The molecule has 0 N–H and O–H groups in total. The van der Waals surface area contributed by atoms with Crippen LogP contribution in [0.5, 0.6) is 5.75 Å². The number of ether oxygens (including phenoxy) is 2. The van der Waals surface area contributed by atoms with E-state index in [1.165, 1.54) is 13.0 Å². The van der Waals surface area contributed by atoms with Crippen LogP contribution in [-0.2, 0) is 20.7 Å². The van der Waals surface area contributed by atoms with Gasteiger partial charge in [0.2, 0.25) is 0 Å². The Morgan fingerprint density at radius 2 is 2.00 bits per heavy atom. The van der Waals surface area contributed by atoms with Crippen molar-refractivity contribution in [1.82, 2.24) is 0 Å². The molecule has 0 aliphatic heterocycles. The molecule has 1 aliphatic carbocycles. The number of halogens is 1. The highest BCUT2D eigenvalue weighted by Gasteiger charge is 2.28. The molecule has 0 saturated carbocycles. The second-order valence-electron chi connectivity index (χ2n) is 6.35. The molecule has 0 aromatic heterocycles. The molecule has 1 aliphatic rings. The van der Waals surface area contributed by atoms with Gasteiger partial charge in [-0.1, -0.05) is 31.4 Å². The Kier molecular flexibility index (Phi) is 5.21. The van der Waals surface area contributed by atoms with Crippen LogP contribution < -0.4 is 4.74 Å². The number of carbonyl (C=O) groups excluding carboxylic acids is 2. The van der Waals surface area contributed by atoms with E-state index in [1.54, 1.807) is 12.1 Å². The summed E-state index contributed by atoms with van der Waals surface area (Å²) in [6, 6.07) is 9.82. The Morgan fingerprint density at radius 3 is 2.67 bits per heavy atom. The summed E-state index contributed by atoms with van der Waals surface area (Å²) in [4.78, 5) is 23.1. The summed E-state index contributed by atoms with van der Waals surface area (Å²) in [5.41, 5.74) is 3.20. The van der Waals surface area contributed by atoms with Gasteiger partial charge in [0.15, 0.2) is 0 Å². The zero-order valence-corrected chi connectivity index (χ0v) is 15.0. The third-order valence-electron chi connectivity index (χ3n) is 4.43. The number of rotatable bonds is 5. The zero-order valence-electron chi connectivity index (χ0n) is 15.0. The van der Waals surface area contributed by atoms with Crippen LogP contribution in [-0.4, -0.2) is 11.9 Å². The molecule has 0 saturated heterocycles. The SMILES string of the molecule is C=CC(=O)OC1CCc2c(-c3ccc(OC(=O)C(=C)C)cc3F)cccc21. The molecular formula is C22H19FO4. The van der Waals surface area contributed by atoms with Gasteiger partial charge in [-0.05, 0) is 48.6 Å². The first-order valence-corrected chi connectivity index (χ1v) is 8.53. The Labute approximate surface area is 156 Å². The highest BCUT2D eigenvalue weighted by atomic mass is 19.1. The van der Waals surface area contributed by atoms with Gasteiger partial charge in [-0.25, -0.2) is 14.0 Å². The highest BCUT2D eigenvalue weighted by Crippen LogP contribution is 2.40. The molecular weight excluding hydrogens is 347 g/mol. The normalized spacial score (nSPS) is 15.0. The smallest absolute Gasteiger partial charge is 0.338 e. The van der Waals surface area contributed by atoms with E-state index in [1.807, 2.05) is 18.2 Å². The topological polar surface area (TPSA) is 52.6 Å². The third-order valence-corrected chi connectivity index (χ3v) is 4.43. The lowest BCUT2D eigenvalue weighted by Gasteiger charge is -2.14. The first-order valence-electron chi connectivity index (χ1n) is 8.53. The summed E-state index contributed by atoms with van der Waals surface area (Å²) in [5, 5.41) is 0. The van der Waals surface area contributed by atoms with Crippen LogP contribution in [0.3, 0.4) is 0 Å². The van der Waals surface area contributed by atoms with Crippen LogP contribution in [0.25, 0.3) is 11.1 Å². The summed E-state index contributed by atoms with van der Waals surface area (Å²) < 4.78 is 25.2. The van der Waals surface area contributed by atoms with Gasteiger partial charge in [0.25, 0.3) is 0 Å². The number of benzene rings is 2. The summed E-state index contributed by atoms with van der Waals surface area (Å²) >= 11 is 0. The van der Waals surface area contributed by atoms with Crippen molar-refractivity contribution in [3.8, 4) is 16.9 Å². The second kappa shape index (κ2) is 7.58. The molecule has 2 aromatic rings. The lowest BCUT2D eigenvalue weighted by molar-refractivity contribution is -0.143. The maximum Gasteiger partial charge on any atom is 0.338 e. The average molecular weight is 366 g/mol. The molecule has 0 radical (unpaired) electrons. The van der Waals surface area contributed by atoms with Crippen LogP contribution in [0.4, 0.5) is 4.39 Å². The number of esters is 2. The van der Waals surface area contributed by atoms with Crippen molar-refractivity contribution in [3.05, 3.63) is 78.1 Å². The Hall–Kier alpha value is -3.21. The van der Waals surface area contributed by atoms with E-state index in [2.05, 4.69) is 13.2 Å². The lowest BCUT2D eigenvalue weighted by atomic mass is 9.96. The van der Waals surface area contributed by atoms with Crippen molar-refractivity contribution < 1.29 is 23.5 Å². The fraction of sp³-hybridized carbons (Fsp3) is 0.182. The number of hydrogen-bond acceptors (Lipinski definition) is 4. The predicted molar refractivity (Wildman–Crippen MR) is 99.6 cm³/mol. The number of hydrogen-bond donors (Lipinski definition) is 0. The van der Waals surface area contributed by atoms with Gasteiger partial charge in [-0.3, -0.25) is 0 Å². The van der Waals surface area contributed by atoms with Crippen LogP contribution >= 0.6 is 0 Å². The van der Waals surface area contributed by atoms with Gasteiger partial charge in [-0.2, -0.15) is 0 Å². The fourth-order valence-corrected chi connectivity index (χ4v) is 3.15. The van der Waals surface area contributed by atoms with Gasteiger partial charge in [0.05, 0.1) is 0 Å². The molecule has 0 spiro atoms. The molecule has 138 valence electrons. The molecule has 0 bridgehead atoms. The molecule has 0 heterocycles. The molecule has 1 atom stereocenters. The van der Waals surface area contributed by atoms with Gasteiger partial charge in [-0.15, -0.1) is 0 Å². The minimum Gasteiger partial charge on any atom is -0.454 e. The first kappa shape index (κ1) is 18.6. The fourth-order valence-electron chi connectivity index (χ4n) is 3.15. The molecule has 3 rings (SSSR count). The van der Waals surface area contributed by atoms with E-state index >= 15 is 0 Å².